The number of hydrogen-bond acceptors (Lipinski definition) is 3. The molecule has 0 bridgehead atoms. The van der Waals surface area contributed by atoms with Crippen LogP contribution in [0.1, 0.15) is 34.7 Å². The Bertz CT molecular complexity index is 478. The average Bonchev–Trinajstić information content (AvgIpc) is 2.73. The van der Waals surface area contributed by atoms with Gasteiger partial charge in [0.25, 0.3) is 5.91 Å². The van der Waals surface area contributed by atoms with Crippen LogP contribution in [0.15, 0.2) is 12.3 Å². The van der Waals surface area contributed by atoms with Crippen LogP contribution in [0, 0.1) is 5.92 Å². The second-order valence-electron chi connectivity index (χ2n) is 4.20. The monoisotopic (exact) mass is 253 g/mol. The van der Waals surface area contributed by atoms with Crippen molar-refractivity contribution in [3.63, 3.8) is 0 Å². The Morgan fingerprint density at radius 3 is 2.39 bits per heavy atom. The predicted octanol–water partition coefficient (Wildman–Crippen LogP) is -0.0474. The number of carbonyl (C=O) groups excluding carboxylic acids is 2. The molecular weight excluding hydrogens is 238 g/mol. The summed E-state index contributed by atoms with van der Waals surface area (Å²) >= 11 is 0. The molecular formula is C11H15N3O4. The van der Waals surface area contributed by atoms with Gasteiger partial charge in [-0.2, -0.15) is 0 Å². The first-order chi connectivity index (χ1) is 8.32. The third kappa shape index (κ3) is 3.09. The molecule has 0 radical (unpaired) electrons. The van der Waals surface area contributed by atoms with E-state index in [2.05, 4.69) is 10.3 Å². The van der Waals surface area contributed by atoms with Gasteiger partial charge in [-0.3, -0.25) is 9.59 Å². The van der Waals surface area contributed by atoms with E-state index < -0.39 is 23.8 Å². The van der Waals surface area contributed by atoms with E-state index in [1.165, 1.54) is 12.3 Å². The van der Waals surface area contributed by atoms with E-state index in [1.807, 2.05) is 0 Å². The molecule has 2 amide bonds. The Kier molecular flexibility index (Phi) is 4.09. The Labute approximate surface area is 103 Å². The van der Waals surface area contributed by atoms with Crippen LogP contribution < -0.4 is 11.1 Å². The number of aliphatic carboxylic acids is 1. The number of carbonyl (C=O) groups is 3. The summed E-state index contributed by atoms with van der Waals surface area (Å²) in [6.07, 6.45) is 1.29. The molecule has 5 N–H and O–H groups in total. The average molecular weight is 253 g/mol. The number of nitrogens with one attached hydrogen (secondary N) is 2. The smallest absolute Gasteiger partial charge is 0.326 e. The molecule has 0 aliphatic carbocycles. The highest BCUT2D eigenvalue weighted by Crippen LogP contribution is 2.06. The summed E-state index contributed by atoms with van der Waals surface area (Å²) in [7, 11) is 0. The van der Waals surface area contributed by atoms with Crippen LogP contribution in [0.2, 0.25) is 0 Å². The van der Waals surface area contributed by atoms with Crippen molar-refractivity contribution in [3.8, 4) is 0 Å². The molecule has 0 saturated carbocycles. The molecule has 7 heteroatoms. The second kappa shape index (κ2) is 5.35. The lowest BCUT2D eigenvalue weighted by molar-refractivity contribution is -0.140. The first-order valence-corrected chi connectivity index (χ1v) is 5.34. The zero-order chi connectivity index (χ0) is 13.9. The minimum Gasteiger partial charge on any atom is -0.480 e. The molecule has 0 fully saturated rings. The summed E-state index contributed by atoms with van der Waals surface area (Å²) in [5.74, 6) is -2.62. The molecule has 0 aliphatic heterocycles. The van der Waals surface area contributed by atoms with Gasteiger partial charge < -0.3 is 21.1 Å². The molecule has 18 heavy (non-hydrogen) atoms. The highest BCUT2D eigenvalue weighted by atomic mass is 16.4. The minimum absolute atomic E-state index is 0.0932. The van der Waals surface area contributed by atoms with E-state index in [-0.39, 0.29) is 17.2 Å². The zero-order valence-electron chi connectivity index (χ0n) is 10.1. The lowest BCUT2D eigenvalue weighted by Gasteiger charge is -2.17. The van der Waals surface area contributed by atoms with Crippen LogP contribution in [-0.4, -0.2) is 33.9 Å². The molecule has 7 nitrogen and oxygen atoms in total. The molecule has 0 aromatic carbocycles. The minimum atomic E-state index is -1.11. The van der Waals surface area contributed by atoms with Crippen LogP contribution in [0.3, 0.4) is 0 Å². The van der Waals surface area contributed by atoms with Crippen molar-refractivity contribution in [2.24, 2.45) is 11.7 Å². The van der Waals surface area contributed by atoms with Crippen molar-refractivity contribution >= 4 is 17.8 Å². The number of H-pyrrole nitrogens is 1. The van der Waals surface area contributed by atoms with Gasteiger partial charge in [-0.1, -0.05) is 13.8 Å². The third-order valence-electron chi connectivity index (χ3n) is 2.43. The molecule has 1 atom stereocenters. The summed E-state index contributed by atoms with van der Waals surface area (Å²) < 4.78 is 0. The Hall–Kier alpha value is -2.31. The first kappa shape index (κ1) is 13.8. The number of carboxylic acids is 1. The lowest BCUT2D eigenvalue weighted by Crippen LogP contribution is -2.44. The number of nitrogens with two attached hydrogens (primary N) is 1. The predicted molar refractivity (Wildman–Crippen MR) is 63.0 cm³/mol. The van der Waals surface area contributed by atoms with E-state index in [9.17, 15) is 14.4 Å². The third-order valence-corrected chi connectivity index (χ3v) is 2.43. The number of carboxylic acid groups (broad SMARTS) is 1. The number of hydrogen-bond donors (Lipinski definition) is 4. The van der Waals surface area contributed by atoms with Crippen molar-refractivity contribution in [2.45, 2.75) is 19.9 Å². The van der Waals surface area contributed by atoms with Crippen molar-refractivity contribution in [1.29, 1.82) is 0 Å². The number of amides is 2. The molecule has 1 aromatic rings. The SMILES string of the molecule is CC(C)[C@@H](NC(=O)c1cc(C(N)=O)c[nH]1)C(=O)O. The summed E-state index contributed by atoms with van der Waals surface area (Å²) in [5, 5.41) is 11.3. The number of aromatic nitrogens is 1. The summed E-state index contributed by atoms with van der Waals surface area (Å²) in [4.78, 5) is 36.1. The van der Waals surface area contributed by atoms with Gasteiger partial charge >= 0.3 is 5.97 Å². The molecule has 0 spiro atoms. The maximum atomic E-state index is 11.7. The largest absolute Gasteiger partial charge is 0.480 e. The fourth-order valence-electron chi connectivity index (χ4n) is 1.40. The standard InChI is InChI=1S/C11H15N3O4/c1-5(2)8(11(17)18)14-10(16)7-3-6(4-13-7)9(12)15/h3-5,8,13H,1-2H3,(H2,12,15)(H,14,16)(H,17,18)/t8-/m1/s1. The van der Waals surface area contributed by atoms with Gasteiger partial charge in [-0.15, -0.1) is 0 Å². The van der Waals surface area contributed by atoms with E-state index >= 15 is 0 Å². The van der Waals surface area contributed by atoms with Gasteiger partial charge in [0.15, 0.2) is 0 Å². The topological polar surface area (TPSA) is 125 Å². The molecule has 1 rings (SSSR count). The van der Waals surface area contributed by atoms with Crippen LogP contribution in [0.5, 0.6) is 0 Å². The van der Waals surface area contributed by atoms with Gasteiger partial charge in [-0.05, 0) is 12.0 Å². The Morgan fingerprint density at radius 2 is 2.00 bits per heavy atom. The van der Waals surface area contributed by atoms with Gasteiger partial charge in [0.05, 0.1) is 5.56 Å². The van der Waals surface area contributed by atoms with E-state index in [0.29, 0.717) is 0 Å². The second-order valence-corrected chi connectivity index (χ2v) is 4.20. The molecule has 0 saturated heterocycles. The molecule has 1 heterocycles. The molecule has 1 aromatic heterocycles. The summed E-state index contributed by atoms with van der Waals surface area (Å²) in [6.45, 7) is 3.37. The quantitative estimate of drug-likeness (QED) is 0.587. The first-order valence-electron chi connectivity index (χ1n) is 5.34. The number of rotatable bonds is 5. The van der Waals surface area contributed by atoms with Crippen molar-refractivity contribution < 1.29 is 19.5 Å². The maximum Gasteiger partial charge on any atom is 0.326 e. The van der Waals surface area contributed by atoms with Crippen molar-refractivity contribution in [3.05, 3.63) is 23.5 Å². The van der Waals surface area contributed by atoms with Gasteiger partial charge in [0, 0.05) is 6.20 Å². The van der Waals surface area contributed by atoms with Crippen LogP contribution in [0.4, 0.5) is 0 Å². The molecule has 0 unspecified atom stereocenters. The normalized spacial score (nSPS) is 12.2. The van der Waals surface area contributed by atoms with Gasteiger partial charge in [0.2, 0.25) is 5.91 Å². The number of primary amides is 1. The fraction of sp³-hybridized carbons (Fsp3) is 0.364. The fourth-order valence-corrected chi connectivity index (χ4v) is 1.40. The lowest BCUT2D eigenvalue weighted by atomic mass is 10.0. The van der Waals surface area contributed by atoms with Crippen molar-refractivity contribution in [2.75, 3.05) is 0 Å². The van der Waals surface area contributed by atoms with Crippen LogP contribution >= 0.6 is 0 Å². The van der Waals surface area contributed by atoms with E-state index in [4.69, 9.17) is 10.8 Å². The van der Waals surface area contributed by atoms with Gasteiger partial charge in [-0.25, -0.2) is 4.79 Å². The maximum absolute atomic E-state index is 11.7. The highest BCUT2D eigenvalue weighted by molar-refractivity contribution is 5.99. The molecule has 98 valence electrons. The van der Waals surface area contributed by atoms with Crippen LogP contribution in [0.25, 0.3) is 0 Å². The highest BCUT2D eigenvalue weighted by Gasteiger charge is 2.24. The van der Waals surface area contributed by atoms with E-state index in [0.717, 1.165) is 0 Å². The van der Waals surface area contributed by atoms with Crippen LogP contribution in [-0.2, 0) is 4.79 Å². The zero-order valence-corrected chi connectivity index (χ0v) is 10.1. The Morgan fingerprint density at radius 1 is 1.39 bits per heavy atom. The van der Waals surface area contributed by atoms with Crippen molar-refractivity contribution in [1.82, 2.24) is 10.3 Å². The summed E-state index contributed by atoms with van der Waals surface area (Å²) in [5.41, 5.74) is 5.30. The van der Waals surface area contributed by atoms with Gasteiger partial charge in [0.1, 0.15) is 11.7 Å². The molecule has 0 aliphatic rings. The van der Waals surface area contributed by atoms with E-state index in [1.54, 1.807) is 13.8 Å². The Balaban J connectivity index is 2.80. The number of aromatic amines is 1. The summed E-state index contributed by atoms with van der Waals surface area (Å²) in [6, 6.07) is 0.287.